The van der Waals surface area contributed by atoms with Crippen LogP contribution in [0, 0.1) is 0 Å². The second-order valence-corrected chi connectivity index (χ2v) is 5.88. The van der Waals surface area contributed by atoms with Crippen LogP contribution in [0.25, 0.3) is 0 Å². The van der Waals surface area contributed by atoms with Gasteiger partial charge in [0.2, 0.25) is 0 Å². The van der Waals surface area contributed by atoms with Crippen molar-refractivity contribution in [3.8, 4) is 11.5 Å². The zero-order valence-electron chi connectivity index (χ0n) is 12.2. The van der Waals surface area contributed by atoms with Crippen molar-refractivity contribution >= 4 is 39.2 Å². The lowest BCUT2D eigenvalue weighted by Gasteiger charge is -2.30. The number of phenols is 1. The number of benzene rings is 1. The highest BCUT2D eigenvalue weighted by molar-refractivity contribution is 9.10. The number of nitrogens with one attached hydrogen (secondary N) is 2. The number of halogens is 1. The van der Waals surface area contributed by atoms with Gasteiger partial charge in [-0.25, -0.2) is 4.79 Å². The molecule has 0 bridgehead atoms. The number of carbonyl (C=O) groups is 1. The van der Waals surface area contributed by atoms with Crippen molar-refractivity contribution in [2.45, 2.75) is 13.0 Å². The molecule has 3 N–H and O–H groups in total. The molecule has 1 aromatic rings. The summed E-state index contributed by atoms with van der Waals surface area (Å²) in [6.45, 7) is 1.75. The number of aromatic hydroxyl groups is 1. The van der Waals surface area contributed by atoms with Gasteiger partial charge in [-0.1, -0.05) is 0 Å². The molecule has 0 aromatic heterocycles. The largest absolute Gasteiger partial charge is 0.503 e. The van der Waals surface area contributed by atoms with E-state index in [4.69, 9.17) is 21.7 Å². The summed E-state index contributed by atoms with van der Waals surface area (Å²) in [7, 11) is 2.77. The first-order valence-electron chi connectivity index (χ1n) is 6.32. The van der Waals surface area contributed by atoms with Gasteiger partial charge in [-0.3, -0.25) is 0 Å². The molecule has 0 saturated carbocycles. The fourth-order valence-electron chi connectivity index (χ4n) is 2.24. The van der Waals surface area contributed by atoms with Crippen LogP contribution in [0.1, 0.15) is 18.5 Å². The van der Waals surface area contributed by atoms with E-state index < -0.39 is 12.0 Å². The Morgan fingerprint density at radius 3 is 2.68 bits per heavy atom. The molecule has 1 aliphatic heterocycles. The van der Waals surface area contributed by atoms with Crippen LogP contribution in [0.5, 0.6) is 11.5 Å². The summed E-state index contributed by atoms with van der Waals surface area (Å²) in [6, 6.07) is 2.83. The molecule has 0 amide bonds. The van der Waals surface area contributed by atoms with Gasteiger partial charge in [-0.05, 0) is 52.8 Å². The van der Waals surface area contributed by atoms with Gasteiger partial charge < -0.3 is 25.2 Å². The number of carbonyl (C=O) groups excluding carboxylic acids is 1. The van der Waals surface area contributed by atoms with E-state index in [1.165, 1.54) is 14.2 Å². The number of hydrogen-bond acceptors (Lipinski definition) is 5. The SMILES string of the molecule is COC(=O)C1=C(C)NC(=S)N[C@H]1c1cc(Br)c(O)c(OC)c1. The number of allylic oxidation sites excluding steroid dienone is 1. The van der Waals surface area contributed by atoms with E-state index in [1.54, 1.807) is 19.1 Å². The Morgan fingerprint density at radius 1 is 1.41 bits per heavy atom. The second-order valence-electron chi connectivity index (χ2n) is 4.62. The first-order valence-corrected chi connectivity index (χ1v) is 7.52. The van der Waals surface area contributed by atoms with Crippen LogP contribution < -0.4 is 15.4 Å². The lowest BCUT2D eigenvalue weighted by Crippen LogP contribution is -2.45. The number of rotatable bonds is 3. The van der Waals surface area contributed by atoms with Crippen molar-refractivity contribution in [1.29, 1.82) is 0 Å². The highest BCUT2D eigenvalue weighted by Crippen LogP contribution is 2.39. The molecule has 2 rings (SSSR count). The fraction of sp³-hybridized carbons (Fsp3) is 0.286. The molecule has 6 nitrogen and oxygen atoms in total. The third kappa shape index (κ3) is 3.02. The second kappa shape index (κ2) is 6.53. The predicted molar refractivity (Wildman–Crippen MR) is 88.7 cm³/mol. The zero-order valence-corrected chi connectivity index (χ0v) is 14.6. The van der Waals surface area contributed by atoms with Crippen molar-refractivity contribution in [1.82, 2.24) is 10.6 Å². The maximum absolute atomic E-state index is 12.1. The first kappa shape index (κ1) is 16.6. The van der Waals surface area contributed by atoms with Gasteiger partial charge in [-0.2, -0.15) is 0 Å². The Balaban J connectivity index is 2.58. The molecule has 8 heteroatoms. The summed E-state index contributed by atoms with van der Waals surface area (Å²) < 4.78 is 10.4. The van der Waals surface area contributed by atoms with Crippen LogP contribution in [-0.2, 0) is 9.53 Å². The average molecular weight is 387 g/mol. The van der Waals surface area contributed by atoms with Crippen molar-refractivity contribution < 1.29 is 19.4 Å². The molecule has 1 heterocycles. The van der Waals surface area contributed by atoms with Crippen LogP contribution in [-0.4, -0.2) is 30.4 Å². The van der Waals surface area contributed by atoms with Gasteiger partial charge in [0.25, 0.3) is 0 Å². The van der Waals surface area contributed by atoms with Crippen molar-refractivity contribution in [2.24, 2.45) is 0 Å². The van der Waals surface area contributed by atoms with Crippen LogP contribution in [0.3, 0.4) is 0 Å². The third-order valence-electron chi connectivity index (χ3n) is 3.28. The van der Waals surface area contributed by atoms with Gasteiger partial charge in [0, 0.05) is 5.70 Å². The van der Waals surface area contributed by atoms with E-state index in [0.29, 0.717) is 26.4 Å². The van der Waals surface area contributed by atoms with E-state index in [2.05, 4.69) is 26.6 Å². The molecule has 0 saturated heterocycles. The minimum atomic E-state index is -0.507. The van der Waals surface area contributed by atoms with Crippen LogP contribution in [0.15, 0.2) is 27.9 Å². The van der Waals surface area contributed by atoms with Gasteiger partial charge >= 0.3 is 5.97 Å². The van der Waals surface area contributed by atoms with Gasteiger partial charge in [0.1, 0.15) is 0 Å². The fourth-order valence-corrected chi connectivity index (χ4v) is 2.97. The summed E-state index contributed by atoms with van der Waals surface area (Å²) in [4.78, 5) is 12.1. The Labute approximate surface area is 141 Å². The molecule has 22 heavy (non-hydrogen) atoms. The summed E-state index contributed by atoms with van der Waals surface area (Å²) in [5.74, 6) is -0.186. The highest BCUT2D eigenvalue weighted by atomic mass is 79.9. The van der Waals surface area contributed by atoms with E-state index in [0.717, 1.165) is 0 Å². The molecular weight excluding hydrogens is 372 g/mol. The molecule has 0 unspecified atom stereocenters. The summed E-state index contributed by atoms with van der Waals surface area (Å²) in [6.07, 6.45) is 0. The minimum Gasteiger partial charge on any atom is -0.503 e. The molecule has 0 aliphatic carbocycles. The molecule has 0 radical (unpaired) electrons. The Morgan fingerprint density at radius 2 is 2.09 bits per heavy atom. The number of ether oxygens (including phenoxy) is 2. The van der Waals surface area contributed by atoms with Gasteiger partial charge in [-0.15, -0.1) is 0 Å². The Bertz CT molecular complexity index is 675. The molecule has 1 atom stereocenters. The maximum Gasteiger partial charge on any atom is 0.337 e. The van der Waals surface area contributed by atoms with E-state index in [9.17, 15) is 9.90 Å². The van der Waals surface area contributed by atoms with Crippen LogP contribution in [0.4, 0.5) is 0 Å². The number of thiocarbonyl (C=S) groups is 1. The summed E-state index contributed by atoms with van der Waals surface area (Å²) in [5, 5.41) is 16.2. The summed E-state index contributed by atoms with van der Waals surface area (Å²) in [5.41, 5.74) is 1.73. The summed E-state index contributed by atoms with van der Waals surface area (Å²) >= 11 is 8.42. The van der Waals surface area contributed by atoms with Crippen LogP contribution >= 0.6 is 28.1 Å². The minimum absolute atomic E-state index is 0.0110. The lowest BCUT2D eigenvalue weighted by atomic mass is 9.95. The number of esters is 1. The molecule has 1 aromatic carbocycles. The van der Waals surface area contributed by atoms with Gasteiger partial charge in [0.15, 0.2) is 16.6 Å². The molecule has 118 valence electrons. The monoisotopic (exact) mass is 386 g/mol. The smallest absolute Gasteiger partial charge is 0.337 e. The van der Waals surface area contributed by atoms with Gasteiger partial charge in [0.05, 0.1) is 30.3 Å². The number of methoxy groups -OCH3 is 2. The first-order chi connectivity index (χ1) is 10.4. The molecular formula is C14H15BrN2O4S. The molecule has 1 aliphatic rings. The normalized spacial score (nSPS) is 17.6. The highest BCUT2D eigenvalue weighted by Gasteiger charge is 2.31. The topological polar surface area (TPSA) is 79.8 Å². The predicted octanol–water partition coefficient (Wildman–Crippen LogP) is 2.13. The quantitative estimate of drug-likeness (QED) is 0.542. The van der Waals surface area contributed by atoms with E-state index in [-0.39, 0.29) is 11.5 Å². The van der Waals surface area contributed by atoms with E-state index in [1.807, 2.05) is 0 Å². The van der Waals surface area contributed by atoms with Crippen molar-refractivity contribution in [3.05, 3.63) is 33.4 Å². The maximum atomic E-state index is 12.1. The van der Waals surface area contributed by atoms with E-state index >= 15 is 0 Å². The molecule has 0 fully saturated rings. The number of hydrogen-bond donors (Lipinski definition) is 3. The Kier molecular flexibility index (Phi) is 4.92. The lowest BCUT2D eigenvalue weighted by molar-refractivity contribution is -0.136. The van der Waals surface area contributed by atoms with Crippen molar-refractivity contribution in [3.63, 3.8) is 0 Å². The Hall–Kier alpha value is -1.80. The van der Waals surface area contributed by atoms with Crippen LogP contribution in [0.2, 0.25) is 0 Å². The standard InChI is InChI=1S/C14H15BrN2O4S/c1-6-10(13(19)21-3)11(17-14(22)16-6)7-4-8(15)12(18)9(5-7)20-2/h4-5,11,18H,1-3H3,(H2,16,17,22)/t11-/m0/s1. The third-order valence-corrected chi connectivity index (χ3v) is 4.10. The molecule has 0 spiro atoms. The average Bonchev–Trinajstić information content (AvgIpc) is 2.48. The number of phenolic OH excluding ortho intramolecular Hbond substituents is 1. The zero-order chi connectivity index (χ0) is 16.4. The van der Waals surface area contributed by atoms with Crippen molar-refractivity contribution in [2.75, 3.05) is 14.2 Å².